The number of nitrogens with zero attached hydrogens (tertiary/aromatic N) is 3. The molecule has 7 nitrogen and oxygen atoms in total. The zero-order valence-corrected chi connectivity index (χ0v) is 21.1. The summed E-state index contributed by atoms with van der Waals surface area (Å²) in [6.45, 7) is 6.39. The van der Waals surface area contributed by atoms with Gasteiger partial charge in [0.1, 0.15) is 0 Å². The highest BCUT2D eigenvalue weighted by atomic mass is 35.5. The molecule has 0 bridgehead atoms. The van der Waals surface area contributed by atoms with Crippen LogP contribution in [-0.2, 0) is 9.53 Å². The molecule has 0 unspecified atom stereocenters. The van der Waals surface area contributed by atoms with Gasteiger partial charge in [0.25, 0.3) is 5.91 Å². The van der Waals surface area contributed by atoms with E-state index in [-0.39, 0.29) is 5.91 Å². The highest BCUT2D eigenvalue weighted by Gasteiger charge is 2.21. The molecule has 1 aliphatic heterocycles. The van der Waals surface area contributed by atoms with Crippen LogP contribution in [0.2, 0.25) is 5.02 Å². The van der Waals surface area contributed by atoms with E-state index >= 15 is 0 Å². The number of anilines is 1. The minimum atomic E-state index is -0.143. The molecule has 3 aromatic rings. The molecular formula is C25H28ClN3O4S. The molecule has 1 saturated heterocycles. The van der Waals surface area contributed by atoms with Gasteiger partial charge in [-0.2, -0.15) is 0 Å². The SMILES string of the molecule is COc1ccc(/C=C/C(=O)N(CCN2CCOCC2)c2nc3c(C)ccc(Cl)c3s2)cc1OC. The highest BCUT2D eigenvalue weighted by molar-refractivity contribution is 7.23. The smallest absolute Gasteiger partial charge is 0.252 e. The van der Waals surface area contributed by atoms with E-state index in [4.69, 9.17) is 30.8 Å². The van der Waals surface area contributed by atoms with Crippen molar-refractivity contribution >= 4 is 50.3 Å². The van der Waals surface area contributed by atoms with E-state index < -0.39 is 0 Å². The Kier molecular flexibility index (Phi) is 8.05. The first-order chi connectivity index (χ1) is 16.5. The molecule has 1 aromatic heterocycles. The summed E-state index contributed by atoms with van der Waals surface area (Å²) in [4.78, 5) is 22.2. The second kappa shape index (κ2) is 11.2. The van der Waals surface area contributed by atoms with Crippen LogP contribution in [0.25, 0.3) is 16.3 Å². The second-order valence-corrected chi connectivity index (χ2v) is 9.31. The van der Waals surface area contributed by atoms with E-state index in [1.54, 1.807) is 31.3 Å². The molecule has 1 aliphatic rings. The number of fused-ring (bicyclic) bond motifs is 1. The molecule has 0 radical (unpaired) electrons. The first-order valence-electron chi connectivity index (χ1n) is 11.1. The van der Waals surface area contributed by atoms with Crippen LogP contribution in [0.5, 0.6) is 11.5 Å². The van der Waals surface area contributed by atoms with Gasteiger partial charge in [0, 0.05) is 32.3 Å². The molecule has 0 atom stereocenters. The predicted molar refractivity (Wildman–Crippen MR) is 138 cm³/mol. The van der Waals surface area contributed by atoms with Gasteiger partial charge in [0.2, 0.25) is 0 Å². The van der Waals surface area contributed by atoms with Crippen LogP contribution in [0.1, 0.15) is 11.1 Å². The number of morpholine rings is 1. The number of amides is 1. The lowest BCUT2D eigenvalue weighted by molar-refractivity contribution is -0.114. The van der Waals surface area contributed by atoms with Crippen LogP contribution in [0.15, 0.2) is 36.4 Å². The van der Waals surface area contributed by atoms with Crippen molar-refractivity contribution < 1.29 is 19.0 Å². The number of benzene rings is 2. The largest absolute Gasteiger partial charge is 0.493 e. The third kappa shape index (κ3) is 5.52. The van der Waals surface area contributed by atoms with Gasteiger partial charge in [-0.05, 0) is 42.3 Å². The lowest BCUT2D eigenvalue weighted by Gasteiger charge is -2.28. The van der Waals surface area contributed by atoms with Crippen molar-refractivity contribution in [1.82, 2.24) is 9.88 Å². The van der Waals surface area contributed by atoms with Crippen LogP contribution in [-0.4, -0.2) is 69.4 Å². The molecule has 2 heterocycles. The Labute approximate surface area is 208 Å². The van der Waals surface area contributed by atoms with Gasteiger partial charge in [-0.25, -0.2) is 4.98 Å². The van der Waals surface area contributed by atoms with Crippen LogP contribution >= 0.6 is 22.9 Å². The van der Waals surface area contributed by atoms with Crippen LogP contribution in [0.3, 0.4) is 0 Å². The van der Waals surface area contributed by atoms with E-state index in [2.05, 4.69) is 4.90 Å². The molecule has 180 valence electrons. The van der Waals surface area contributed by atoms with Gasteiger partial charge in [-0.15, -0.1) is 0 Å². The summed E-state index contributed by atoms with van der Waals surface area (Å²) in [5.41, 5.74) is 2.70. The van der Waals surface area contributed by atoms with Crippen molar-refractivity contribution in [2.75, 3.05) is 58.5 Å². The normalized spacial score (nSPS) is 14.6. The van der Waals surface area contributed by atoms with Crippen LogP contribution in [0.4, 0.5) is 5.13 Å². The molecule has 9 heteroatoms. The molecule has 2 aromatic carbocycles. The Hall–Kier alpha value is -2.65. The fraction of sp³-hybridized carbons (Fsp3) is 0.360. The molecule has 1 amide bonds. The average Bonchev–Trinajstić information content (AvgIpc) is 3.32. The molecule has 34 heavy (non-hydrogen) atoms. The van der Waals surface area contributed by atoms with Crippen molar-refractivity contribution in [3.63, 3.8) is 0 Å². The average molecular weight is 502 g/mol. The summed E-state index contributed by atoms with van der Waals surface area (Å²) in [7, 11) is 3.18. The Bertz CT molecular complexity index is 1150. The lowest BCUT2D eigenvalue weighted by Crippen LogP contribution is -2.42. The zero-order chi connectivity index (χ0) is 24.1. The Morgan fingerprint density at radius 3 is 2.68 bits per heavy atom. The minimum Gasteiger partial charge on any atom is -0.493 e. The fourth-order valence-electron chi connectivity index (χ4n) is 3.79. The number of hydrogen-bond donors (Lipinski definition) is 0. The maximum absolute atomic E-state index is 13.4. The number of carbonyl (C=O) groups is 1. The number of carbonyl (C=O) groups excluding carboxylic acids is 1. The number of rotatable bonds is 8. The monoisotopic (exact) mass is 501 g/mol. The quantitative estimate of drug-likeness (QED) is 0.418. The number of halogens is 1. The Morgan fingerprint density at radius 2 is 1.97 bits per heavy atom. The van der Waals surface area contributed by atoms with E-state index in [0.717, 1.165) is 41.0 Å². The summed E-state index contributed by atoms with van der Waals surface area (Å²) >= 11 is 7.87. The molecule has 0 spiro atoms. The maximum atomic E-state index is 13.4. The van der Waals surface area contributed by atoms with Crippen molar-refractivity contribution in [3.05, 3.63) is 52.6 Å². The topological polar surface area (TPSA) is 64.1 Å². The number of hydrogen-bond acceptors (Lipinski definition) is 7. The van der Waals surface area contributed by atoms with Gasteiger partial charge in [0.05, 0.1) is 42.7 Å². The van der Waals surface area contributed by atoms with Gasteiger partial charge >= 0.3 is 0 Å². The molecule has 0 N–H and O–H groups in total. The zero-order valence-electron chi connectivity index (χ0n) is 19.5. The summed E-state index contributed by atoms with van der Waals surface area (Å²) < 4.78 is 17.0. The Morgan fingerprint density at radius 1 is 1.21 bits per heavy atom. The molecule has 0 aliphatic carbocycles. The first-order valence-corrected chi connectivity index (χ1v) is 12.3. The third-order valence-electron chi connectivity index (χ3n) is 5.75. The minimum absolute atomic E-state index is 0.143. The van der Waals surface area contributed by atoms with Crippen molar-refractivity contribution in [2.45, 2.75) is 6.92 Å². The number of aryl methyl sites for hydroxylation is 1. The maximum Gasteiger partial charge on any atom is 0.252 e. The third-order valence-corrected chi connectivity index (χ3v) is 7.29. The van der Waals surface area contributed by atoms with Gasteiger partial charge in [0.15, 0.2) is 16.6 Å². The van der Waals surface area contributed by atoms with Crippen molar-refractivity contribution in [2.24, 2.45) is 0 Å². The lowest BCUT2D eigenvalue weighted by atomic mass is 10.2. The van der Waals surface area contributed by atoms with Crippen molar-refractivity contribution in [3.8, 4) is 11.5 Å². The Balaban J connectivity index is 1.60. The number of thiazole rings is 1. The van der Waals surface area contributed by atoms with E-state index in [1.165, 1.54) is 11.3 Å². The summed E-state index contributed by atoms with van der Waals surface area (Å²) in [6, 6.07) is 9.35. The molecule has 4 rings (SSSR count). The van der Waals surface area contributed by atoms with Crippen LogP contribution in [0, 0.1) is 6.92 Å². The standard InChI is InChI=1S/C25H28ClN3O4S/c1-17-4-7-19(26)24-23(17)27-25(34-24)29(11-10-28-12-14-33-15-13-28)22(30)9-6-18-5-8-20(31-2)21(16-18)32-3/h4-9,16H,10-15H2,1-3H3/b9-6+. The first kappa shape index (κ1) is 24.5. The second-order valence-electron chi connectivity index (χ2n) is 7.93. The highest BCUT2D eigenvalue weighted by Crippen LogP contribution is 2.36. The van der Waals surface area contributed by atoms with Crippen LogP contribution < -0.4 is 14.4 Å². The molecule has 1 fully saturated rings. The summed E-state index contributed by atoms with van der Waals surface area (Å²) in [5, 5.41) is 1.28. The van der Waals surface area contributed by atoms with Gasteiger partial charge in [-0.1, -0.05) is 35.1 Å². The van der Waals surface area contributed by atoms with E-state index in [1.807, 2.05) is 37.3 Å². The fourth-order valence-corrected chi connectivity index (χ4v) is 5.13. The number of methoxy groups -OCH3 is 2. The van der Waals surface area contributed by atoms with Gasteiger partial charge < -0.3 is 14.2 Å². The molecular weight excluding hydrogens is 474 g/mol. The predicted octanol–water partition coefficient (Wildman–Crippen LogP) is 4.65. The number of aromatic nitrogens is 1. The number of ether oxygens (including phenoxy) is 3. The van der Waals surface area contributed by atoms with E-state index in [0.29, 0.717) is 41.4 Å². The molecule has 0 saturated carbocycles. The van der Waals surface area contributed by atoms with Crippen molar-refractivity contribution in [1.29, 1.82) is 0 Å². The van der Waals surface area contributed by atoms with Gasteiger partial charge in [-0.3, -0.25) is 14.6 Å². The van der Waals surface area contributed by atoms with E-state index in [9.17, 15) is 4.79 Å². The summed E-state index contributed by atoms with van der Waals surface area (Å²) in [5.74, 6) is 1.10. The summed E-state index contributed by atoms with van der Waals surface area (Å²) in [6.07, 6.45) is 3.35.